The van der Waals surface area contributed by atoms with E-state index in [-0.39, 0.29) is 15.0 Å². The number of benzene rings is 2. The average molecular weight is 435 g/mol. The van der Waals surface area contributed by atoms with Gasteiger partial charge in [-0.05, 0) is 29.7 Å². The van der Waals surface area contributed by atoms with Gasteiger partial charge < -0.3 is 0 Å². The molecule has 3 aromatic rings. The molecule has 0 unspecified atom stereocenters. The van der Waals surface area contributed by atoms with Crippen LogP contribution in [0.3, 0.4) is 0 Å². The summed E-state index contributed by atoms with van der Waals surface area (Å²) in [7, 11) is -3.79. The molecule has 0 spiro atoms. The third-order valence-electron chi connectivity index (χ3n) is 4.40. The Morgan fingerprint density at radius 2 is 1.79 bits per heavy atom. The van der Waals surface area contributed by atoms with E-state index in [4.69, 9.17) is 11.6 Å². The number of sulfonamides is 1. The average Bonchev–Trinajstić information content (AvgIpc) is 3.17. The minimum absolute atomic E-state index is 0.0981. The van der Waals surface area contributed by atoms with Crippen LogP contribution in [0.2, 0.25) is 5.02 Å². The van der Waals surface area contributed by atoms with Gasteiger partial charge in [0.1, 0.15) is 0 Å². The summed E-state index contributed by atoms with van der Waals surface area (Å²) in [6.45, 7) is 0.666. The largest absolute Gasteiger partial charge is 0.296 e. The quantitative estimate of drug-likeness (QED) is 0.636. The Bertz CT molecular complexity index is 1150. The number of nitrogens with one attached hydrogen (secondary N) is 1. The fraction of sp³-hybridized carbons (Fsp3) is 0.167. The van der Waals surface area contributed by atoms with Gasteiger partial charge in [0, 0.05) is 13.1 Å². The summed E-state index contributed by atoms with van der Waals surface area (Å²) in [5.74, 6) is -0.474. The number of carbonyl (C=O) groups is 1. The number of nitrogens with zero attached hydrogens (tertiary/aromatic N) is 3. The topological polar surface area (TPSA) is 92.3 Å². The van der Waals surface area contributed by atoms with Gasteiger partial charge in [-0.2, -0.15) is 4.31 Å². The molecule has 1 N–H and O–H groups in total. The van der Waals surface area contributed by atoms with Crippen LogP contribution in [0.5, 0.6) is 0 Å². The van der Waals surface area contributed by atoms with Gasteiger partial charge in [0.25, 0.3) is 15.9 Å². The van der Waals surface area contributed by atoms with Gasteiger partial charge >= 0.3 is 0 Å². The molecule has 2 heterocycles. The van der Waals surface area contributed by atoms with Crippen LogP contribution in [0.15, 0.2) is 52.9 Å². The molecule has 0 saturated carbocycles. The summed E-state index contributed by atoms with van der Waals surface area (Å²) in [4.78, 5) is 12.3. The second-order valence-corrected chi connectivity index (χ2v) is 9.66. The maximum absolute atomic E-state index is 12.9. The molecule has 28 heavy (non-hydrogen) atoms. The Balaban J connectivity index is 1.52. The highest BCUT2D eigenvalue weighted by Gasteiger charge is 2.31. The fourth-order valence-electron chi connectivity index (χ4n) is 2.96. The van der Waals surface area contributed by atoms with Crippen molar-refractivity contribution < 1.29 is 13.2 Å². The van der Waals surface area contributed by atoms with Crippen molar-refractivity contribution in [2.45, 2.75) is 17.3 Å². The number of hydrogen-bond acceptors (Lipinski definition) is 6. The lowest BCUT2D eigenvalue weighted by molar-refractivity contribution is 0.102. The second kappa shape index (κ2) is 7.59. The molecule has 4 rings (SSSR count). The number of anilines is 1. The molecule has 0 saturated heterocycles. The van der Waals surface area contributed by atoms with E-state index in [9.17, 15) is 13.2 Å². The Morgan fingerprint density at radius 3 is 2.57 bits per heavy atom. The Kier molecular flexibility index (Phi) is 5.15. The number of amides is 1. The van der Waals surface area contributed by atoms with Crippen molar-refractivity contribution in [2.24, 2.45) is 0 Å². The predicted octanol–water partition coefficient (Wildman–Crippen LogP) is 3.19. The third-order valence-corrected chi connectivity index (χ3v) is 7.76. The first-order valence-electron chi connectivity index (χ1n) is 8.41. The SMILES string of the molecule is O=C(Nc1nnc(S(=O)(=O)N2CCc3ccccc3C2)s1)c1ccccc1Cl. The van der Waals surface area contributed by atoms with Crippen LogP contribution in [0, 0.1) is 0 Å². The van der Waals surface area contributed by atoms with Crippen LogP contribution in [0.4, 0.5) is 5.13 Å². The first kappa shape index (κ1) is 19.0. The van der Waals surface area contributed by atoms with Crippen LogP contribution in [-0.4, -0.2) is 35.4 Å². The van der Waals surface area contributed by atoms with E-state index >= 15 is 0 Å². The summed E-state index contributed by atoms with van der Waals surface area (Å²) in [5.41, 5.74) is 2.41. The zero-order valence-electron chi connectivity index (χ0n) is 14.5. The molecule has 10 heteroatoms. The zero-order chi connectivity index (χ0) is 19.7. The molecule has 1 aliphatic rings. The second-order valence-electron chi connectivity index (χ2n) is 6.16. The normalized spacial score (nSPS) is 14.5. The smallest absolute Gasteiger partial charge is 0.272 e. The van der Waals surface area contributed by atoms with Crippen molar-refractivity contribution in [3.63, 3.8) is 0 Å². The highest BCUT2D eigenvalue weighted by atomic mass is 35.5. The van der Waals surface area contributed by atoms with Gasteiger partial charge in [0.15, 0.2) is 0 Å². The summed E-state index contributed by atoms with van der Waals surface area (Å²) in [5, 5.41) is 10.5. The van der Waals surface area contributed by atoms with Crippen molar-refractivity contribution in [3.8, 4) is 0 Å². The van der Waals surface area contributed by atoms with Crippen LogP contribution in [-0.2, 0) is 23.0 Å². The minimum Gasteiger partial charge on any atom is -0.296 e. The van der Waals surface area contributed by atoms with E-state index in [1.165, 1.54) is 4.31 Å². The number of carbonyl (C=O) groups excluding carboxylic acids is 1. The van der Waals surface area contributed by atoms with Crippen molar-refractivity contribution in [1.82, 2.24) is 14.5 Å². The Hall–Kier alpha value is -2.33. The molecule has 1 aromatic heterocycles. The lowest BCUT2D eigenvalue weighted by Crippen LogP contribution is -2.35. The third kappa shape index (κ3) is 3.66. The lowest BCUT2D eigenvalue weighted by Gasteiger charge is -2.26. The molecule has 0 radical (unpaired) electrons. The Morgan fingerprint density at radius 1 is 1.07 bits per heavy atom. The standard InChI is InChI=1S/C18H15ClN4O3S2/c19-15-8-4-3-7-14(15)16(24)20-17-21-22-18(27-17)28(25,26)23-10-9-12-5-1-2-6-13(12)11-23/h1-8H,9-11H2,(H,20,21,24). The van der Waals surface area contributed by atoms with E-state index in [1.807, 2.05) is 24.3 Å². The summed E-state index contributed by atoms with van der Waals surface area (Å²) < 4.78 is 27.1. The Labute approximate surface area is 171 Å². The van der Waals surface area contributed by atoms with E-state index in [0.717, 1.165) is 22.5 Å². The van der Waals surface area contributed by atoms with Crippen LogP contribution >= 0.6 is 22.9 Å². The van der Waals surface area contributed by atoms with Gasteiger partial charge in [-0.15, -0.1) is 10.2 Å². The first-order valence-corrected chi connectivity index (χ1v) is 11.0. The van der Waals surface area contributed by atoms with Crippen molar-refractivity contribution in [1.29, 1.82) is 0 Å². The number of aromatic nitrogens is 2. The van der Waals surface area contributed by atoms with Crippen LogP contribution in [0.1, 0.15) is 21.5 Å². The highest BCUT2D eigenvalue weighted by molar-refractivity contribution is 7.91. The molecule has 2 aromatic carbocycles. The molecule has 0 fully saturated rings. The van der Waals surface area contributed by atoms with Crippen molar-refractivity contribution >= 4 is 44.0 Å². The zero-order valence-corrected chi connectivity index (χ0v) is 16.9. The number of fused-ring (bicyclic) bond motifs is 1. The molecule has 144 valence electrons. The maximum atomic E-state index is 12.9. The molecule has 1 amide bonds. The number of hydrogen-bond donors (Lipinski definition) is 1. The monoisotopic (exact) mass is 434 g/mol. The van der Waals surface area contributed by atoms with Gasteiger partial charge in [-0.3, -0.25) is 10.1 Å². The molecule has 0 atom stereocenters. The molecule has 1 aliphatic heterocycles. The van der Waals surface area contributed by atoms with Gasteiger partial charge in [0.2, 0.25) is 9.47 Å². The van der Waals surface area contributed by atoms with E-state index in [1.54, 1.807) is 24.3 Å². The van der Waals surface area contributed by atoms with Crippen LogP contribution in [0.25, 0.3) is 0 Å². The van der Waals surface area contributed by atoms with Crippen molar-refractivity contribution in [3.05, 3.63) is 70.2 Å². The molecular formula is C18H15ClN4O3S2. The summed E-state index contributed by atoms with van der Waals surface area (Å²) in [6.07, 6.45) is 0.643. The number of halogens is 1. The van der Waals surface area contributed by atoms with Gasteiger partial charge in [0.05, 0.1) is 10.6 Å². The van der Waals surface area contributed by atoms with E-state index < -0.39 is 15.9 Å². The molecule has 7 nitrogen and oxygen atoms in total. The number of rotatable bonds is 4. The van der Waals surface area contributed by atoms with E-state index in [2.05, 4.69) is 15.5 Å². The summed E-state index contributed by atoms with van der Waals surface area (Å²) >= 11 is 6.83. The van der Waals surface area contributed by atoms with Gasteiger partial charge in [-0.25, -0.2) is 8.42 Å². The molecule has 0 aliphatic carbocycles. The molecule has 0 bridgehead atoms. The van der Waals surface area contributed by atoms with Crippen LogP contribution < -0.4 is 5.32 Å². The first-order chi connectivity index (χ1) is 13.4. The molecular weight excluding hydrogens is 420 g/mol. The fourth-order valence-corrected chi connectivity index (χ4v) is 5.63. The summed E-state index contributed by atoms with van der Waals surface area (Å²) in [6, 6.07) is 14.3. The van der Waals surface area contributed by atoms with E-state index in [0.29, 0.717) is 24.5 Å². The maximum Gasteiger partial charge on any atom is 0.272 e. The predicted molar refractivity (Wildman–Crippen MR) is 107 cm³/mol. The minimum atomic E-state index is -3.79. The highest BCUT2D eigenvalue weighted by Crippen LogP contribution is 2.28. The van der Waals surface area contributed by atoms with Crippen molar-refractivity contribution in [2.75, 3.05) is 11.9 Å². The lowest BCUT2D eigenvalue weighted by atomic mass is 10.0. The van der Waals surface area contributed by atoms with Gasteiger partial charge in [-0.1, -0.05) is 59.3 Å².